The van der Waals surface area contributed by atoms with Gasteiger partial charge in [-0.1, -0.05) is 24.3 Å². The first-order valence-corrected chi connectivity index (χ1v) is 8.18. The summed E-state index contributed by atoms with van der Waals surface area (Å²) in [5.74, 6) is 0. The molecule has 0 saturated carbocycles. The number of nitrogens with zero attached hydrogens (tertiary/aromatic N) is 3. The molecule has 3 heteroatoms. The Kier molecular flexibility index (Phi) is 3.47. The Morgan fingerprint density at radius 3 is 2.77 bits per heavy atom. The van der Waals surface area contributed by atoms with Gasteiger partial charge in [-0.25, -0.2) is 0 Å². The lowest BCUT2D eigenvalue weighted by Crippen LogP contribution is -2.35. The maximum absolute atomic E-state index is 4.40. The van der Waals surface area contributed by atoms with Crippen LogP contribution in [0, 0.1) is 0 Å². The highest BCUT2D eigenvalue weighted by molar-refractivity contribution is 5.49. The van der Waals surface area contributed by atoms with E-state index >= 15 is 0 Å². The highest BCUT2D eigenvalue weighted by Crippen LogP contribution is 2.51. The summed E-state index contributed by atoms with van der Waals surface area (Å²) in [6.07, 6.45) is 6.35. The van der Waals surface area contributed by atoms with Crippen LogP contribution in [-0.2, 0) is 6.42 Å². The Morgan fingerprint density at radius 1 is 1.14 bits per heavy atom. The Bertz CT molecular complexity index is 669. The molecule has 2 bridgehead atoms. The van der Waals surface area contributed by atoms with Gasteiger partial charge >= 0.3 is 0 Å². The van der Waals surface area contributed by atoms with Gasteiger partial charge in [0.1, 0.15) is 0 Å². The van der Waals surface area contributed by atoms with Crippen LogP contribution in [0.3, 0.4) is 0 Å². The molecule has 114 valence electrons. The van der Waals surface area contributed by atoms with E-state index in [1.165, 1.54) is 28.7 Å². The maximum Gasteiger partial charge on any atom is 0.0628 e. The van der Waals surface area contributed by atoms with E-state index in [1.54, 1.807) is 0 Å². The predicted octanol–water partition coefficient (Wildman–Crippen LogP) is 3.04. The molecule has 2 aliphatic rings. The molecule has 2 aliphatic heterocycles. The monoisotopic (exact) mass is 293 g/mol. The molecule has 3 nitrogen and oxygen atoms in total. The third kappa shape index (κ3) is 2.16. The van der Waals surface area contributed by atoms with E-state index in [2.05, 4.69) is 65.4 Å². The lowest BCUT2D eigenvalue weighted by atomic mass is 9.93. The van der Waals surface area contributed by atoms with Gasteiger partial charge in [-0.15, -0.1) is 0 Å². The Balaban J connectivity index is 1.71. The predicted molar refractivity (Wildman–Crippen MR) is 88.8 cm³/mol. The SMILES string of the molecule is CN(C)CCCN1C2Cc3ccncc3C1c1ccccc12. The van der Waals surface area contributed by atoms with Gasteiger partial charge in [-0.05, 0) is 61.8 Å². The highest BCUT2D eigenvalue weighted by Gasteiger charge is 2.43. The average molecular weight is 293 g/mol. The van der Waals surface area contributed by atoms with Gasteiger partial charge in [0.25, 0.3) is 0 Å². The molecule has 0 radical (unpaired) electrons. The minimum Gasteiger partial charge on any atom is -0.309 e. The standard InChI is InChI=1S/C19H23N3/c1-21(2)10-5-11-22-18-12-14-8-9-20-13-17(14)19(22)16-7-4-3-6-15(16)18/h3-4,6-9,13,18-19H,5,10-12H2,1-2H3. The molecule has 2 aromatic rings. The quantitative estimate of drug-likeness (QED) is 0.864. The summed E-state index contributed by atoms with van der Waals surface area (Å²) in [6.45, 7) is 2.29. The third-order valence-corrected chi connectivity index (χ3v) is 5.06. The first-order valence-electron chi connectivity index (χ1n) is 8.18. The Hall–Kier alpha value is -1.71. The van der Waals surface area contributed by atoms with E-state index in [9.17, 15) is 0 Å². The zero-order valence-electron chi connectivity index (χ0n) is 13.4. The smallest absolute Gasteiger partial charge is 0.0628 e. The van der Waals surface area contributed by atoms with Crippen molar-refractivity contribution in [1.82, 2.24) is 14.8 Å². The largest absolute Gasteiger partial charge is 0.309 e. The molecular weight excluding hydrogens is 270 g/mol. The first kappa shape index (κ1) is 13.9. The van der Waals surface area contributed by atoms with E-state index in [1.807, 2.05) is 6.20 Å². The molecule has 0 amide bonds. The molecule has 3 heterocycles. The van der Waals surface area contributed by atoms with E-state index in [0.29, 0.717) is 12.1 Å². The van der Waals surface area contributed by atoms with Crippen molar-refractivity contribution in [2.75, 3.05) is 27.2 Å². The van der Waals surface area contributed by atoms with Gasteiger partial charge in [-0.2, -0.15) is 0 Å². The number of hydrogen-bond donors (Lipinski definition) is 0. The Morgan fingerprint density at radius 2 is 1.95 bits per heavy atom. The van der Waals surface area contributed by atoms with Gasteiger partial charge in [0.2, 0.25) is 0 Å². The van der Waals surface area contributed by atoms with Crippen molar-refractivity contribution < 1.29 is 0 Å². The molecule has 0 aliphatic carbocycles. The number of hydrogen-bond acceptors (Lipinski definition) is 3. The average Bonchev–Trinajstić information content (AvgIpc) is 2.74. The van der Waals surface area contributed by atoms with Crippen LogP contribution in [0.4, 0.5) is 0 Å². The minimum absolute atomic E-state index is 0.404. The fourth-order valence-corrected chi connectivity index (χ4v) is 4.10. The molecule has 0 spiro atoms. The molecule has 2 unspecified atom stereocenters. The van der Waals surface area contributed by atoms with E-state index in [0.717, 1.165) is 19.5 Å². The fourth-order valence-electron chi connectivity index (χ4n) is 4.10. The van der Waals surface area contributed by atoms with Crippen LogP contribution in [0.5, 0.6) is 0 Å². The van der Waals surface area contributed by atoms with Gasteiger partial charge in [0, 0.05) is 25.0 Å². The van der Waals surface area contributed by atoms with E-state index in [-0.39, 0.29) is 0 Å². The molecule has 1 aromatic heterocycles. The molecule has 1 aromatic carbocycles. The second-order valence-corrected chi connectivity index (χ2v) is 6.72. The third-order valence-electron chi connectivity index (χ3n) is 5.06. The number of rotatable bonds is 4. The van der Waals surface area contributed by atoms with Crippen LogP contribution < -0.4 is 0 Å². The van der Waals surface area contributed by atoms with Crippen LogP contribution >= 0.6 is 0 Å². The lowest BCUT2D eigenvalue weighted by molar-refractivity contribution is 0.159. The summed E-state index contributed by atoms with van der Waals surface area (Å²) in [6, 6.07) is 12.1. The van der Waals surface area contributed by atoms with Gasteiger partial charge in [0.15, 0.2) is 0 Å². The lowest BCUT2D eigenvalue weighted by Gasteiger charge is -2.36. The van der Waals surface area contributed by atoms with Crippen LogP contribution in [0.1, 0.15) is 40.8 Å². The number of pyridine rings is 1. The van der Waals surface area contributed by atoms with E-state index in [4.69, 9.17) is 0 Å². The normalized spacial score (nSPS) is 22.7. The van der Waals surface area contributed by atoms with Crippen LogP contribution in [-0.4, -0.2) is 42.0 Å². The summed E-state index contributed by atoms with van der Waals surface area (Å²) < 4.78 is 0. The van der Waals surface area contributed by atoms with Crippen molar-refractivity contribution in [3.05, 3.63) is 65.0 Å². The summed E-state index contributed by atoms with van der Waals surface area (Å²) in [5.41, 5.74) is 5.90. The second kappa shape index (κ2) is 5.49. The van der Waals surface area contributed by atoms with Crippen molar-refractivity contribution in [3.63, 3.8) is 0 Å². The number of fused-ring (bicyclic) bond motifs is 7. The molecule has 2 atom stereocenters. The first-order chi connectivity index (χ1) is 10.8. The summed E-state index contributed by atoms with van der Waals surface area (Å²) in [5, 5.41) is 0. The second-order valence-electron chi connectivity index (χ2n) is 6.72. The minimum atomic E-state index is 0.404. The molecule has 0 N–H and O–H groups in total. The summed E-state index contributed by atoms with van der Waals surface area (Å²) in [4.78, 5) is 9.36. The number of benzene rings is 1. The van der Waals surface area contributed by atoms with Gasteiger partial charge in [0.05, 0.1) is 6.04 Å². The van der Waals surface area contributed by atoms with Crippen LogP contribution in [0.2, 0.25) is 0 Å². The highest BCUT2D eigenvalue weighted by atomic mass is 15.2. The molecule has 22 heavy (non-hydrogen) atoms. The van der Waals surface area contributed by atoms with Gasteiger partial charge < -0.3 is 4.90 Å². The zero-order valence-corrected chi connectivity index (χ0v) is 13.4. The molecule has 0 saturated heterocycles. The maximum atomic E-state index is 4.40. The fraction of sp³-hybridized carbons (Fsp3) is 0.421. The summed E-state index contributed by atoms with van der Waals surface area (Å²) >= 11 is 0. The van der Waals surface area contributed by atoms with Crippen LogP contribution in [0.25, 0.3) is 0 Å². The van der Waals surface area contributed by atoms with Crippen molar-refractivity contribution in [3.8, 4) is 0 Å². The Labute approximate surface area is 132 Å². The van der Waals surface area contributed by atoms with Crippen molar-refractivity contribution in [2.24, 2.45) is 0 Å². The molecule has 0 fully saturated rings. The molecular formula is C19H23N3. The number of aromatic nitrogens is 1. The topological polar surface area (TPSA) is 19.4 Å². The van der Waals surface area contributed by atoms with Gasteiger partial charge in [-0.3, -0.25) is 9.88 Å². The van der Waals surface area contributed by atoms with Crippen molar-refractivity contribution >= 4 is 0 Å². The van der Waals surface area contributed by atoms with E-state index < -0.39 is 0 Å². The van der Waals surface area contributed by atoms with Crippen molar-refractivity contribution in [1.29, 1.82) is 0 Å². The zero-order chi connectivity index (χ0) is 15.1. The molecule has 4 rings (SSSR count). The summed E-state index contributed by atoms with van der Waals surface area (Å²) in [7, 11) is 4.30. The van der Waals surface area contributed by atoms with Crippen LogP contribution in [0.15, 0.2) is 42.7 Å². The van der Waals surface area contributed by atoms with Crippen molar-refractivity contribution in [2.45, 2.75) is 24.9 Å².